The predicted molar refractivity (Wildman–Crippen MR) is 124 cm³/mol. The molecule has 1 fully saturated rings. The van der Waals surface area contributed by atoms with Crippen LogP contribution in [0.1, 0.15) is 11.6 Å². The molecule has 1 heterocycles. The lowest BCUT2D eigenvalue weighted by Gasteiger charge is -2.35. The molecule has 7 heteroatoms. The van der Waals surface area contributed by atoms with Gasteiger partial charge in [-0.3, -0.25) is 14.5 Å². The smallest absolute Gasteiger partial charge is 0.313 e. The van der Waals surface area contributed by atoms with Crippen LogP contribution in [0.25, 0.3) is 10.8 Å². The zero-order valence-electron chi connectivity index (χ0n) is 18.0. The van der Waals surface area contributed by atoms with Crippen LogP contribution in [-0.2, 0) is 14.3 Å². The molecule has 0 aromatic heterocycles. The number of rotatable bonds is 6. The van der Waals surface area contributed by atoms with Gasteiger partial charge in [0.15, 0.2) is 0 Å². The minimum atomic E-state index is -0.700. The molecule has 2 N–H and O–H groups in total. The first-order valence-corrected chi connectivity index (χ1v) is 10.7. The quantitative estimate of drug-likeness (QED) is 0.585. The number of nitrogens with one attached hydrogen (secondary N) is 2. The molecule has 3 aromatic carbocycles. The number of benzene rings is 3. The highest BCUT2D eigenvalue weighted by Gasteiger charge is 2.25. The Hall–Kier alpha value is -3.42. The Labute approximate surface area is 187 Å². The number of carbonyl (C=O) groups is 2. The first-order valence-electron chi connectivity index (χ1n) is 10.7. The van der Waals surface area contributed by atoms with Gasteiger partial charge < -0.3 is 20.1 Å². The number of ether oxygens (including phenoxy) is 2. The van der Waals surface area contributed by atoms with Crippen LogP contribution in [0.5, 0.6) is 5.75 Å². The van der Waals surface area contributed by atoms with E-state index in [0.717, 1.165) is 29.4 Å². The summed E-state index contributed by atoms with van der Waals surface area (Å²) in [5.74, 6) is -0.691. The van der Waals surface area contributed by atoms with Crippen molar-refractivity contribution in [3.8, 4) is 5.75 Å². The lowest BCUT2D eigenvalue weighted by molar-refractivity contribution is -0.136. The minimum Gasteiger partial charge on any atom is -0.497 e. The van der Waals surface area contributed by atoms with Gasteiger partial charge in [-0.15, -0.1) is 0 Å². The molecule has 0 radical (unpaired) electrons. The van der Waals surface area contributed by atoms with Gasteiger partial charge in [0.2, 0.25) is 0 Å². The molecule has 7 nitrogen and oxygen atoms in total. The van der Waals surface area contributed by atoms with Crippen LogP contribution in [0.2, 0.25) is 0 Å². The van der Waals surface area contributed by atoms with Crippen molar-refractivity contribution in [2.75, 3.05) is 45.3 Å². The highest BCUT2D eigenvalue weighted by molar-refractivity contribution is 6.39. The molecule has 3 aromatic rings. The lowest BCUT2D eigenvalue weighted by Crippen LogP contribution is -2.45. The van der Waals surface area contributed by atoms with E-state index in [1.807, 2.05) is 18.2 Å². The lowest BCUT2D eigenvalue weighted by atomic mass is 9.97. The van der Waals surface area contributed by atoms with Crippen molar-refractivity contribution in [2.24, 2.45) is 0 Å². The van der Waals surface area contributed by atoms with Gasteiger partial charge in [-0.2, -0.15) is 0 Å². The highest BCUT2D eigenvalue weighted by Crippen LogP contribution is 2.28. The minimum absolute atomic E-state index is 0.0669. The summed E-state index contributed by atoms with van der Waals surface area (Å²) >= 11 is 0. The molecule has 1 aliphatic heterocycles. The van der Waals surface area contributed by atoms with Gasteiger partial charge in [0.25, 0.3) is 0 Å². The van der Waals surface area contributed by atoms with Crippen molar-refractivity contribution in [3.05, 3.63) is 72.3 Å². The number of methoxy groups -OCH3 is 1. The van der Waals surface area contributed by atoms with E-state index < -0.39 is 11.8 Å². The highest BCUT2D eigenvalue weighted by atomic mass is 16.5. The summed E-state index contributed by atoms with van der Waals surface area (Å²) in [4.78, 5) is 27.3. The van der Waals surface area contributed by atoms with Crippen molar-refractivity contribution < 1.29 is 19.1 Å². The average molecular weight is 434 g/mol. The first kappa shape index (κ1) is 21.8. The molecule has 1 atom stereocenters. The molecule has 32 heavy (non-hydrogen) atoms. The second kappa shape index (κ2) is 10.3. The molecule has 0 unspecified atom stereocenters. The van der Waals surface area contributed by atoms with E-state index in [9.17, 15) is 9.59 Å². The summed E-state index contributed by atoms with van der Waals surface area (Å²) in [6, 6.07) is 21.2. The fourth-order valence-corrected chi connectivity index (χ4v) is 4.00. The van der Waals surface area contributed by atoms with Gasteiger partial charge >= 0.3 is 11.8 Å². The molecule has 1 saturated heterocycles. The van der Waals surface area contributed by atoms with Gasteiger partial charge in [-0.25, -0.2) is 0 Å². The predicted octanol–water partition coefficient (Wildman–Crippen LogP) is 2.98. The number of morpholine rings is 1. The Bertz CT molecular complexity index is 1070. The Morgan fingerprint density at radius 2 is 1.69 bits per heavy atom. The van der Waals surface area contributed by atoms with Gasteiger partial charge in [-0.05, 0) is 40.6 Å². The van der Waals surface area contributed by atoms with Gasteiger partial charge in [-0.1, -0.05) is 42.5 Å². The summed E-state index contributed by atoms with van der Waals surface area (Å²) in [5, 5.41) is 7.74. The average Bonchev–Trinajstić information content (AvgIpc) is 2.85. The molecule has 0 spiro atoms. The van der Waals surface area contributed by atoms with E-state index in [0.29, 0.717) is 31.2 Å². The third kappa shape index (κ3) is 5.07. The van der Waals surface area contributed by atoms with Crippen molar-refractivity contribution in [1.82, 2.24) is 10.2 Å². The van der Waals surface area contributed by atoms with E-state index in [2.05, 4.69) is 39.8 Å². The van der Waals surface area contributed by atoms with Crippen molar-refractivity contribution in [3.63, 3.8) is 0 Å². The topological polar surface area (TPSA) is 79.9 Å². The second-order valence-corrected chi connectivity index (χ2v) is 7.63. The first-order chi connectivity index (χ1) is 15.7. The maximum Gasteiger partial charge on any atom is 0.313 e. The zero-order valence-corrected chi connectivity index (χ0v) is 18.0. The summed E-state index contributed by atoms with van der Waals surface area (Å²) in [5.41, 5.74) is 1.66. The summed E-state index contributed by atoms with van der Waals surface area (Å²) in [6.45, 7) is 3.15. The summed E-state index contributed by atoms with van der Waals surface area (Å²) in [7, 11) is 1.57. The standard InChI is InChI=1S/C25H27N3O4/c1-31-20-11-9-19(10-12-20)27-25(30)24(29)26-17-23(28-13-15-32-16-14-28)22-8-4-6-18-5-2-3-7-21(18)22/h2-12,23H,13-17H2,1H3,(H,26,29)(H,27,30)/t23-/m0/s1. The fourth-order valence-electron chi connectivity index (χ4n) is 4.00. The van der Waals surface area contributed by atoms with Crippen LogP contribution >= 0.6 is 0 Å². The number of fused-ring (bicyclic) bond motifs is 1. The number of hydrogen-bond donors (Lipinski definition) is 2. The van der Waals surface area contributed by atoms with Crippen LogP contribution in [0.4, 0.5) is 5.69 Å². The van der Waals surface area contributed by atoms with Gasteiger partial charge in [0.1, 0.15) is 5.75 Å². The van der Waals surface area contributed by atoms with E-state index in [1.165, 1.54) is 0 Å². The molecular weight excluding hydrogens is 406 g/mol. The normalized spacial score (nSPS) is 15.2. The van der Waals surface area contributed by atoms with Crippen molar-refractivity contribution in [2.45, 2.75) is 6.04 Å². The molecule has 166 valence electrons. The van der Waals surface area contributed by atoms with Gasteiger partial charge in [0, 0.05) is 25.3 Å². The SMILES string of the molecule is COc1ccc(NC(=O)C(=O)NC[C@@H](c2cccc3ccccc23)N2CCOCC2)cc1. The van der Waals surface area contributed by atoms with Crippen LogP contribution in [0.3, 0.4) is 0 Å². The zero-order chi connectivity index (χ0) is 22.3. The van der Waals surface area contributed by atoms with Crippen LogP contribution in [0.15, 0.2) is 66.7 Å². The van der Waals surface area contributed by atoms with Gasteiger partial charge in [0.05, 0.1) is 26.4 Å². The second-order valence-electron chi connectivity index (χ2n) is 7.63. The van der Waals surface area contributed by atoms with E-state index in [1.54, 1.807) is 31.4 Å². The molecule has 4 rings (SSSR count). The Morgan fingerprint density at radius 1 is 0.969 bits per heavy atom. The molecule has 0 aliphatic carbocycles. The van der Waals surface area contributed by atoms with E-state index in [4.69, 9.17) is 9.47 Å². The van der Waals surface area contributed by atoms with Crippen molar-refractivity contribution >= 4 is 28.3 Å². The maximum absolute atomic E-state index is 12.6. The Balaban J connectivity index is 1.48. The number of hydrogen-bond acceptors (Lipinski definition) is 5. The van der Waals surface area contributed by atoms with Crippen LogP contribution in [0, 0.1) is 0 Å². The third-order valence-electron chi connectivity index (χ3n) is 5.68. The van der Waals surface area contributed by atoms with E-state index in [-0.39, 0.29) is 6.04 Å². The number of anilines is 1. The number of nitrogens with zero attached hydrogens (tertiary/aromatic N) is 1. The van der Waals surface area contributed by atoms with E-state index >= 15 is 0 Å². The monoisotopic (exact) mass is 433 g/mol. The van der Waals surface area contributed by atoms with Crippen LogP contribution < -0.4 is 15.4 Å². The molecule has 0 bridgehead atoms. The third-order valence-corrected chi connectivity index (χ3v) is 5.68. The Kier molecular flexibility index (Phi) is 6.99. The summed E-state index contributed by atoms with van der Waals surface area (Å²) < 4.78 is 10.6. The molecule has 0 saturated carbocycles. The summed E-state index contributed by atoms with van der Waals surface area (Å²) in [6.07, 6.45) is 0. The molecule has 2 amide bonds. The Morgan fingerprint density at radius 3 is 2.44 bits per heavy atom. The van der Waals surface area contributed by atoms with Crippen LogP contribution in [-0.4, -0.2) is 56.7 Å². The molecule has 1 aliphatic rings. The maximum atomic E-state index is 12.6. The number of carbonyl (C=O) groups excluding carboxylic acids is 2. The van der Waals surface area contributed by atoms with Crippen molar-refractivity contribution in [1.29, 1.82) is 0 Å². The molecular formula is C25H27N3O4. The number of amides is 2. The fraction of sp³-hybridized carbons (Fsp3) is 0.280. The largest absolute Gasteiger partial charge is 0.497 e.